The Kier molecular flexibility index (Phi) is 4.35. The van der Waals surface area contributed by atoms with E-state index < -0.39 is 5.60 Å². The van der Waals surface area contributed by atoms with Gasteiger partial charge in [-0.1, -0.05) is 74.5 Å². The number of hydrogen-bond acceptors (Lipinski definition) is 2. The van der Waals surface area contributed by atoms with Crippen LogP contribution in [0, 0.1) is 5.92 Å². The molecule has 0 heterocycles. The minimum Gasteiger partial charge on any atom is -0.365 e. The van der Waals surface area contributed by atoms with Crippen molar-refractivity contribution in [3.8, 4) is 0 Å². The van der Waals surface area contributed by atoms with Gasteiger partial charge in [0.15, 0.2) is 11.4 Å². The highest BCUT2D eigenvalue weighted by molar-refractivity contribution is 6.03. The lowest BCUT2D eigenvalue weighted by Gasteiger charge is -2.35. The molecule has 1 unspecified atom stereocenters. The summed E-state index contributed by atoms with van der Waals surface area (Å²) in [7, 11) is 1.60. The summed E-state index contributed by atoms with van der Waals surface area (Å²) in [6.45, 7) is 4.02. The Morgan fingerprint density at radius 1 is 0.950 bits per heavy atom. The van der Waals surface area contributed by atoms with E-state index >= 15 is 0 Å². The van der Waals surface area contributed by atoms with Crippen LogP contribution in [-0.2, 0) is 10.3 Å². The summed E-state index contributed by atoms with van der Waals surface area (Å²) < 4.78 is 5.75. The van der Waals surface area contributed by atoms with Gasteiger partial charge in [0.25, 0.3) is 0 Å². The molecule has 0 aliphatic heterocycles. The first-order chi connectivity index (χ1) is 9.63. The van der Waals surface area contributed by atoms with Gasteiger partial charge in [0.1, 0.15) is 0 Å². The van der Waals surface area contributed by atoms with Crippen LogP contribution in [0.2, 0.25) is 0 Å². The van der Waals surface area contributed by atoms with Crippen LogP contribution in [0.1, 0.15) is 29.8 Å². The van der Waals surface area contributed by atoms with Crippen molar-refractivity contribution in [1.29, 1.82) is 0 Å². The zero-order valence-electron chi connectivity index (χ0n) is 12.2. The largest absolute Gasteiger partial charge is 0.365 e. The first-order valence-corrected chi connectivity index (χ1v) is 6.83. The van der Waals surface area contributed by atoms with Crippen LogP contribution < -0.4 is 0 Å². The third kappa shape index (κ3) is 2.39. The lowest BCUT2D eigenvalue weighted by atomic mass is 9.77. The molecule has 0 aliphatic rings. The molecule has 0 aliphatic carbocycles. The second-order valence-corrected chi connectivity index (χ2v) is 5.16. The average molecular weight is 268 g/mol. The molecular formula is C18H20O2. The van der Waals surface area contributed by atoms with Crippen LogP contribution in [0.3, 0.4) is 0 Å². The SMILES string of the molecule is COC(C(=O)c1ccccc1)(c1ccccc1)C(C)C. The first kappa shape index (κ1) is 14.5. The van der Waals surface area contributed by atoms with Crippen LogP contribution in [0.25, 0.3) is 0 Å². The summed E-state index contributed by atoms with van der Waals surface area (Å²) in [6.07, 6.45) is 0. The van der Waals surface area contributed by atoms with Gasteiger partial charge in [0.05, 0.1) is 0 Å². The Bertz CT molecular complexity index is 560. The van der Waals surface area contributed by atoms with E-state index in [1.165, 1.54) is 0 Å². The van der Waals surface area contributed by atoms with E-state index in [9.17, 15) is 4.79 Å². The minimum absolute atomic E-state index is 0.00167. The fourth-order valence-electron chi connectivity index (χ4n) is 2.66. The molecular weight excluding hydrogens is 248 g/mol. The van der Waals surface area contributed by atoms with Crippen LogP contribution >= 0.6 is 0 Å². The van der Waals surface area contributed by atoms with Crippen molar-refractivity contribution in [3.63, 3.8) is 0 Å². The van der Waals surface area contributed by atoms with Gasteiger partial charge in [-0.15, -0.1) is 0 Å². The standard InChI is InChI=1S/C18H20O2/c1-14(2)18(20-3,16-12-8-5-9-13-16)17(19)15-10-6-4-7-11-15/h4-14H,1-3H3. The highest BCUT2D eigenvalue weighted by Gasteiger charge is 2.43. The fraction of sp³-hybridized carbons (Fsp3) is 0.278. The number of Topliss-reactive ketones (excluding diaryl/α,β-unsaturated/α-hetero) is 1. The van der Waals surface area contributed by atoms with Gasteiger partial charge in [0, 0.05) is 12.7 Å². The Labute approximate surface area is 120 Å². The number of ether oxygens (including phenoxy) is 1. The Hall–Kier alpha value is -1.93. The number of rotatable bonds is 5. The smallest absolute Gasteiger partial charge is 0.199 e. The molecule has 0 aromatic heterocycles. The molecule has 0 amide bonds. The van der Waals surface area contributed by atoms with E-state index in [2.05, 4.69) is 0 Å². The predicted molar refractivity (Wildman–Crippen MR) is 80.7 cm³/mol. The molecule has 2 nitrogen and oxygen atoms in total. The molecule has 0 spiro atoms. The molecule has 104 valence electrons. The molecule has 2 rings (SSSR count). The van der Waals surface area contributed by atoms with Crippen LogP contribution in [0.15, 0.2) is 60.7 Å². The third-order valence-electron chi connectivity index (χ3n) is 3.71. The summed E-state index contributed by atoms with van der Waals surface area (Å²) in [5.74, 6) is 0.0319. The second kappa shape index (κ2) is 6.02. The summed E-state index contributed by atoms with van der Waals surface area (Å²) in [5.41, 5.74) is 0.626. The molecule has 0 saturated heterocycles. The molecule has 20 heavy (non-hydrogen) atoms. The second-order valence-electron chi connectivity index (χ2n) is 5.16. The summed E-state index contributed by atoms with van der Waals surface area (Å²) in [5, 5.41) is 0. The topological polar surface area (TPSA) is 26.3 Å². The maximum absolute atomic E-state index is 13.0. The Balaban J connectivity index is 2.56. The van der Waals surface area contributed by atoms with Gasteiger partial charge in [-0.2, -0.15) is 0 Å². The van der Waals surface area contributed by atoms with E-state index in [1.54, 1.807) is 7.11 Å². The number of carbonyl (C=O) groups excluding carboxylic acids is 1. The number of methoxy groups -OCH3 is 1. The molecule has 0 fully saturated rings. The first-order valence-electron chi connectivity index (χ1n) is 6.83. The number of hydrogen-bond donors (Lipinski definition) is 0. The molecule has 0 N–H and O–H groups in total. The van der Waals surface area contributed by atoms with Crippen molar-refractivity contribution in [2.45, 2.75) is 19.4 Å². The highest BCUT2D eigenvalue weighted by Crippen LogP contribution is 2.36. The Morgan fingerprint density at radius 3 is 1.90 bits per heavy atom. The molecule has 2 aromatic rings. The van der Waals surface area contributed by atoms with E-state index in [-0.39, 0.29) is 11.7 Å². The van der Waals surface area contributed by atoms with Gasteiger partial charge in [0.2, 0.25) is 0 Å². The van der Waals surface area contributed by atoms with Crippen molar-refractivity contribution >= 4 is 5.78 Å². The van der Waals surface area contributed by atoms with Crippen molar-refractivity contribution in [3.05, 3.63) is 71.8 Å². The lowest BCUT2D eigenvalue weighted by Crippen LogP contribution is -2.43. The summed E-state index contributed by atoms with van der Waals surface area (Å²) in [6, 6.07) is 19.0. The zero-order chi connectivity index (χ0) is 14.6. The molecule has 0 saturated carbocycles. The number of benzene rings is 2. The van der Waals surface area contributed by atoms with Crippen LogP contribution in [0.5, 0.6) is 0 Å². The van der Waals surface area contributed by atoms with Crippen molar-refractivity contribution < 1.29 is 9.53 Å². The van der Waals surface area contributed by atoms with Gasteiger partial charge in [-0.3, -0.25) is 4.79 Å². The molecule has 0 bridgehead atoms. The lowest BCUT2D eigenvalue weighted by molar-refractivity contribution is -0.0297. The van der Waals surface area contributed by atoms with Crippen molar-refractivity contribution in [2.24, 2.45) is 5.92 Å². The van der Waals surface area contributed by atoms with E-state index in [0.717, 1.165) is 5.56 Å². The summed E-state index contributed by atoms with van der Waals surface area (Å²) >= 11 is 0. The molecule has 2 heteroatoms. The van der Waals surface area contributed by atoms with Gasteiger partial charge in [-0.05, 0) is 11.5 Å². The van der Waals surface area contributed by atoms with Crippen molar-refractivity contribution in [1.82, 2.24) is 0 Å². The molecule has 2 aromatic carbocycles. The monoisotopic (exact) mass is 268 g/mol. The van der Waals surface area contributed by atoms with Gasteiger partial charge < -0.3 is 4.74 Å². The third-order valence-corrected chi connectivity index (χ3v) is 3.71. The van der Waals surface area contributed by atoms with Crippen LogP contribution in [-0.4, -0.2) is 12.9 Å². The Morgan fingerprint density at radius 2 is 1.45 bits per heavy atom. The highest BCUT2D eigenvalue weighted by atomic mass is 16.5. The zero-order valence-corrected chi connectivity index (χ0v) is 12.2. The van der Waals surface area contributed by atoms with Gasteiger partial charge >= 0.3 is 0 Å². The van der Waals surface area contributed by atoms with Gasteiger partial charge in [-0.25, -0.2) is 0 Å². The maximum atomic E-state index is 13.0. The van der Waals surface area contributed by atoms with Crippen LogP contribution in [0.4, 0.5) is 0 Å². The average Bonchev–Trinajstić information content (AvgIpc) is 2.50. The van der Waals surface area contributed by atoms with E-state index in [0.29, 0.717) is 5.56 Å². The predicted octanol–water partition coefficient (Wildman–Crippen LogP) is 4.07. The molecule has 1 atom stereocenters. The van der Waals surface area contributed by atoms with E-state index in [1.807, 2.05) is 74.5 Å². The number of carbonyl (C=O) groups is 1. The molecule has 0 radical (unpaired) electrons. The van der Waals surface area contributed by atoms with Crippen molar-refractivity contribution in [2.75, 3.05) is 7.11 Å². The van der Waals surface area contributed by atoms with E-state index in [4.69, 9.17) is 4.74 Å². The maximum Gasteiger partial charge on any atom is 0.199 e. The quantitative estimate of drug-likeness (QED) is 0.764. The number of ketones is 1. The fourth-order valence-corrected chi connectivity index (χ4v) is 2.66. The minimum atomic E-state index is -0.942. The summed E-state index contributed by atoms with van der Waals surface area (Å²) in [4.78, 5) is 13.0. The normalized spacial score (nSPS) is 14.0.